The molecule has 0 bridgehead atoms. The van der Waals surface area contributed by atoms with Gasteiger partial charge < -0.3 is 0 Å². The molecule has 2 aliphatic rings. The Balaban J connectivity index is 1.86. The fraction of sp³-hybridized carbons (Fsp3) is 0.667. The molecule has 0 saturated heterocycles. The van der Waals surface area contributed by atoms with E-state index < -0.39 is 0 Å². The van der Waals surface area contributed by atoms with Crippen LogP contribution in [0.1, 0.15) is 89.5 Å². The summed E-state index contributed by atoms with van der Waals surface area (Å²) in [6, 6.07) is 11.2. The van der Waals surface area contributed by atoms with Crippen LogP contribution in [0.3, 0.4) is 0 Å². The van der Waals surface area contributed by atoms with Gasteiger partial charge in [0.1, 0.15) is 0 Å². The fourth-order valence-corrected chi connectivity index (χ4v) is 9.30. The zero-order chi connectivity index (χ0) is 18.0. The van der Waals surface area contributed by atoms with E-state index in [9.17, 15) is 0 Å². The normalized spacial score (nSPS) is 20.3. The second kappa shape index (κ2) is 11.6. The van der Waals surface area contributed by atoms with Crippen molar-refractivity contribution in [1.82, 2.24) is 0 Å². The van der Waals surface area contributed by atoms with Crippen LogP contribution in [0.15, 0.2) is 33.9 Å². The number of hydrogen-bond donors (Lipinski definition) is 0. The second-order valence-corrected chi connectivity index (χ2v) is 11.8. The first-order valence-corrected chi connectivity index (χ1v) is 14.1. The first-order chi connectivity index (χ1) is 12.9. The summed E-state index contributed by atoms with van der Waals surface area (Å²) < 4.78 is 3.45. The molecule has 0 heterocycles. The van der Waals surface area contributed by atoms with Crippen LogP contribution in [0.2, 0.25) is 16.1 Å². The molecule has 0 radical (unpaired) electrons. The Morgan fingerprint density at radius 3 is 2.04 bits per heavy atom. The maximum atomic E-state index is 2.66. The molecule has 0 unspecified atom stereocenters. The molecule has 1 aromatic rings. The summed E-state index contributed by atoms with van der Waals surface area (Å²) in [5, 5.41) is 0. The van der Waals surface area contributed by atoms with E-state index in [4.69, 9.17) is 0 Å². The Kier molecular flexibility index (Phi) is 9.18. The summed E-state index contributed by atoms with van der Waals surface area (Å²) in [6.45, 7) is 3.28. The number of unbranched alkanes of at least 4 members (excludes halogenated alkanes) is 1. The summed E-state index contributed by atoms with van der Waals surface area (Å²) in [6.07, 6.45) is 20.4. The van der Waals surface area contributed by atoms with E-state index in [0.29, 0.717) is 0 Å². The molecule has 142 valence electrons. The molecule has 1 aromatic carbocycles. The van der Waals surface area contributed by atoms with E-state index in [1.807, 2.05) is 3.52 Å². The third kappa shape index (κ3) is 6.17. The minimum atomic E-state index is -0.0137. The molecule has 2 saturated carbocycles. The third-order valence-electron chi connectivity index (χ3n) is 6.52. The van der Waals surface area contributed by atoms with Crippen LogP contribution < -0.4 is 0 Å². The van der Waals surface area contributed by atoms with Crippen molar-refractivity contribution in [2.45, 2.75) is 100 Å². The van der Waals surface area contributed by atoms with Gasteiger partial charge in [0.25, 0.3) is 0 Å². The zero-order valence-corrected chi connectivity index (χ0v) is 19.1. The van der Waals surface area contributed by atoms with Gasteiger partial charge in [0, 0.05) is 0 Å². The quantitative estimate of drug-likeness (QED) is 0.274. The summed E-state index contributed by atoms with van der Waals surface area (Å²) in [5.41, 5.74) is 1.46. The molecule has 0 spiro atoms. The molecule has 0 aromatic heterocycles. The Hall–Kier alpha value is -0.185. The van der Waals surface area contributed by atoms with Crippen molar-refractivity contribution in [3.8, 4) is 0 Å². The summed E-state index contributed by atoms with van der Waals surface area (Å²) >= 11 is -0.0137. The third-order valence-corrected chi connectivity index (χ3v) is 9.99. The Morgan fingerprint density at radius 2 is 1.50 bits per heavy atom. The van der Waals surface area contributed by atoms with E-state index in [2.05, 4.69) is 43.3 Å². The van der Waals surface area contributed by atoms with Gasteiger partial charge in [-0.3, -0.25) is 0 Å². The van der Waals surface area contributed by atoms with Gasteiger partial charge in [-0.25, -0.2) is 0 Å². The van der Waals surface area contributed by atoms with Crippen LogP contribution in [0.25, 0.3) is 6.08 Å². The topological polar surface area (TPSA) is 0 Å². The summed E-state index contributed by atoms with van der Waals surface area (Å²) in [4.78, 5) is 0. The molecule has 0 nitrogen and oxygen atoms in total. The van der Waals surface area contributed by atoms with Crippen molar-refractivity contribution >= 4 is 33.7 Å². The van der Waals surface area contributed by atoms with Crippen molar-refractivity contribution < 1.29 is 0 Å². The van der Waals surface area contributed by atoms with E-state index in [0.717, 1.165) is 18.3 Å². The van der Waals surface area contributed by atoms with Crippen LogP contribution >= 0.6 is 0 Å². The monoisotopic (exact) mass is 466 g/mol. The summed E-state index contributed by atoms with van der Waals surface area (Å²) in [7, 11) is 0. The molecule has 0 N–H and O–H groups in total. The van der Waals surface area contributed by atoms with Gasteiger partial charge in [0.05, 0.1) is 0 Å². The van der Waals surface area contributed by atoms with Gasteiger partial charge in [0.2, 0.25) is 0 Å². The van der Waals surface area contributed by atoms with Crippen LogP contribution in [-0.2, 0) is 0 Å². The van der Waals surface area contributed by atoms with Gasteiger partial charge >= 0.3 is 173 Å². The van der Waals surface area contributed by atoms with Gasteiger partial charge in [-0.05, 0) is 0 Å². The average molecular weight is 464 g/mol. The zero-order valence-electron chi connectivity index (χ0n) is 16.8. The van der Waals surface area contributed by atoms with Gasteiger partial charge in [-0.1, -0.05) is 0 Å². The first-order valence-electron chi connectivity index (χ1n) is 11.3. The van der Waals surface area contributed by atoms with Crippen LogP contribution in [0.4, 0.5) is 0 Å². The van der Waals surface area contributed by atoms with E-state index >= 15 is 0 Å². The van der Waals surface area contributed by atoms with Crippen LogP contribution in [0.5, 0.6) is 0 Å². The second-order valence-electron chi connectivity index (χ2n) is 8.48. The molecule has 3 rings (SSSR count). The predicted molar refractivity (Wildman–Crippen MR) is 119 cm³/mol. The van der Waals surface area contributed by atoms with Crippen LogP contribution in [-0.4, -0.2) is 27.6 Å². The van der Waals surface area contributed by atoms with E-state index in [1.165, 1.54) is 87.1 Å². The van der Waals surface area contributed by atoms with Crippen molar-refractivity contribution in [2.75, 3.05) is 0 Å². The van der Waals surface area contributed by atoms with Gasteiger partial charge in [0.15, 0.2) is 0 Å². The maximum absolute atomic E-state index is 2.66. The van der Waals surface area contributed by atoms with E-state index in [-0.39, 0.29) is 20.9 Å². The minimum absolute atomic E-state index is 0.0137. The van der Waals surface area contributed by atoms with Crippen molar-refractivity contribution in [1.29, 1.82) is 0 Å². The first kappa shape index (κ1) is 20.5. The molecule has 0 amide bonds. The fourth-order valence-electron chi connectivity index (χ4n) is 5.12. The predicted octanol–water partition coefficient (Wildman–Crippen LogP) is 7.65. The molecule has 2 heteroatoms. The molecular weight excluding hydrogens is 427 g/mol. The SMILES string of the molecule is CCCC[Te]/C(=C\c1ccccc1)B(C1CCCCC1)C1CCCCC1. The molecule has 26 heavy (non-hydrogen) atoms. The van der Waals surface area contributed by atoms with Crippen molar-refractivity contribution in [3.63, 3.8) is 0 Å². The Morgan fingerprint density at radius 1 is 0.923 bits per heavy atom. The van der Waals surface area contributed by atoms with Crippen molar-refractivity contribution in [2.24, 2.45) is 0 Å². The van der Waals surface area contributed by atoms with Crippen LogP contribution in [0, 0.1) is 0 Å². The molecule has 0 atom stereocenters. The molecule has 2 aliphatic carbocycles. The van der Waals surface area contributed by atoms with Gasteiger partial charge in [-0.2, -0.15) is 0 Å². The van der Waals surface area contributed by atoms with Gasteiger partial charge in [-0.15, -0.1) is 0 Å². The summed E-state index contributed by atoms with van der Waals surface area (Å²) in [5.74, 6) is 1.99. The Labute approximate surface area is 172 Å². The molecule has 0 aliphatic heterocycles. The molecule has 2 fully saturated rings. The van der Waals surface area contributed by atoms with Crippen molar-refractivity contribution in [3.05, 3.63) is 39.4 Å². The molecular formula is C24H37BTe. The number of hydrogen-bond acceptors (Lipinski definition) is 0. The van der Waals surface area contributed by atoms with E-state index in [1.54, 1.807) is 0 Å². The number of rotatable bonds is 8. The number of benzene rings is 1. The Bertz CT molecular complexity index is 508. The average Bonchev–Trinajstić information content (AvgIpc) is 2.71. The standard InChI is InChI=1S/C24H37BTe/c1-2-3-19-26-24(20-21-13-7-4-8-14-21)25(22-15-9-5-10-16-22)23-17-11-6-12-18-23/h4,7-8,13-14,20,22-23H,2-3,5-6,9-12,15-19H2,1H3/b24-20-.